The first kappa shape index (κ1) is 20.8. The Labute approximate surface area is 168 Å². The molecule has 0 aromatic heterocycles. The SMILES string of the molecule is COCON=C1CCN(c2ccc(N3C[C@H](CNC(C)=O)OC3=O)cc2F)CC1. The average Bonchev–Trinajstić information content (AvgIpc) is 3.08. The zero-order chi connectivity index (χ0) is 20.8. The summed E-state index contributed by atoms with van der Waals surface area (Å²) in [5, 5.41) is 6.63. The van der Waals surface area contributed by atoms with Crippen molar-refractivity contribution in [2.45, 2.75) is 25.9 Å². The molecule has 0 saturated carbocycles. The number of nitrogens with one attached hydrogen (secondary N) is 1. The number of oxime groups is 1. The van der Waals surface area contributed by atoms with Gasteiger partial charge in [-0.25, -0.2) is 9.18 Å². The number of ether oxygens (including phenoxy) is 2. The minimum Gasteiger partial charge on any atom is -0.442 e. The van der Waals surface area contributed by atoms with E-state index in [1.54, 1.807) is 12.1 Å². The highest BCUT2D eigenvalue weighted by molar-refractivity contribution is 5.90. The van der Waals surface area contributed by atoms with Crippen LogP contribution in [0.2, 0.25) is 0 Å². The van der Waals surface area contributed by atoms with Crippen LogP contribution in [0.25, 0.3) is 0 Å². The van der Waals surface area contributed by atoms with Gasteiger partial charge in [-0.3, -0.25) is 9.69 Å². The molecule has 3 rings (SSSR count). The molecule has 158 valence electrons. The van der Waals surface area contributed by atoms with Crippen molar-refractivity contribution in [1.29, 1.82) is 0 Å². The number of benzene rings is 1. The summed E-state index contributed by atoms with van der Waals surface area (Å²) in [4.78, 5) is 31.4. The monoisotopic (exact) mass is 408 g/mol. The highest BCUT2D eigenvalue weighted by Crippen LogP contribution is 2.29. The predicted octanol–water partition coefficient (Wildman–Crippen LogP) is 1.86. The molecule has 1 aromatic carbocycles. The lowest BCUT2D eigenvalue weighted by molar-refractivity contribution is -0.119. The lowest BCUT2D eigenvalue weighted by Crippen LogP contribution is -2.35. The fourth-order valence-electron chi connectivity index (χ4n) is 3.28. The van der Waals surface area contributed by atoms with E-state index >= 15 is 0 Å². The zero-order valence-corrected chi connectivity index (χ0v) is 16.5. The molecule has 0 spiro atoms. The molecule has 1 atom stereocenters. The van der Waals surface area contributed by atoms with Gasteiger partial charge in [-0.05, 0) is 18.2 Å². The second-order valence-electron chi connectivity index (χ2n) is 6.87. The first-order valence-electron chi connectivity index (χ1n) is 9.41. The first-order chi connectivity index (χ1) is 14.0. The summed E-state index contributed by atoms with van der Waals surface area (Å²) in [6.45, 7) is 3.22. The average molecular weight is 408 g/mol. The predicted molar refractivity (Wildman–Crippen MR) is 105 cm³/mol. The van der Waals surface area contributed by atoms with E-state index in [0.29, 0.717) is 37.3 Å². The number of cyclic esters (lactones) is 1. The van der Waals surface area contributed by atoms with E-state index in [1.165, 1.54) is 25.0 Å². The summed E-state index contributed by atoms with van der Waals surface area (Å²) >= 11 is 0. The molecule has 2 aliphatic rings. The van der Waals surface area contributed by atoms with E-state index in [2.05, 4.69) is 10.5 Å². The maximum absolute atomic E-state index is 14.8. The normalized spacial score (nSPS) is 19.2. The topological polar surface area (TPSA) is 92.7 Å². The number of piperidine rings is 1. The van der Waals surface area contributed by atoms with Crippen LogP contribution in [0.4, 0.5) is 20.6 Å². The third-order valence-electron chi connectivity index (χ3n) is 4.74. The summed E-state index contributed by atoms with van der Waals surface area (Å²) in [6.07, 6.45) is 0.333. The molecule has 2 amide bonds. The van der Waals surface area contributed by atoms with Gasteiger partial charge in [-0.1, -0.05) is 5.16 Å². The van der Waals surface area contributed by atoms with Gasteiger partial charge in [0.1, 0.15) is 11.9 Å². The van der Waals surface area contributed by atoms with Gasteiger partial charge in [0.25, 0.3) is 0 Å². The van der Waals surface area contributed by atoms with Crippen LogP contribution in [-0.4, -0.2) is 63.9 Å². The van der Waals surface area contributed by atoms with Gasteiger partial charge in [-0.2, -0.15) is 0 Å². The van der Waals surface area contributed by atoms with E-state index in [0.717, 1.165) is 5.71 Å². The van der Waals surface area contributed by atoms with Crippen molar-refractivity contribution < 1.29 is 28.3 Å². The molecule has 29 heavy (non-hydrogen) atoms. The number of hydrogen-bond donors (Lipinski definition) is 1. The second-order valence-corrected chi connectivity index (χ2v) is 6.87. The number of nitrogens with zero attached hydrogens (tertiary/aromatic N) is 3. The third kappa shape index (κ3) is 5.35. The fourth-order valence-corrected chi connectivity index (χ4v) is 3.28. The van der Waals surface area contributed by atoms with Crippen LogP contribution in [0.15, 0.2) is 23.4 Å². The first-order valence-corrected chi connectivity index (χ1v) is 9.41. The van der Waals surface area contributed by atoms with Crippen molar-refractivity contribution in [3.63, 3.8) is 0 Å². The molecular weight excluding hydrogens is 383 g/mol. The minimum absolute atomic E-state index is 0.105. The van der Waals surface area contributed by atoms with Crippen LogP contribution in [0, 0.1) is 5.82 Å². The lowest BCUT2D eigenvalue weighted by atomic mass is 10.1. The van der Waals surface area contributed by atoms with Gasteiger partial charge in [0.05, 0.1) is 30.2 Å². The quantitative estimate of drug-likeness (QED) is 0.421. The number of carbonyl (C=O) groups is 2. The van der Waals surface area contributed by atoms with Crippen molar-refractivity contribution in [2.24, 2.45) is 5.16 Å². The second kappa shape index (κ2) is 9.55. The van der Waals surface area contributed by atoms with Gasteiger partial charge in [0.2, 0.25) is 12.7 Å². The number of halogens is 1. The molecule has 2 saturated heterocycles. The van der Waals surface area contributed by atoms with Gasteiger partial charge in [0, 0.05) is 40.0 Å². The molecule has 0 unspecified atom stereocenters. The lowest BCUT2D eigenvalue weighted by Gasteiger charge is -2.30. The summed E-state index contributed by atoms with van der Waals surface area (Å²) < 4.78 is 24.8. The highest BCUT2D eigenvalue weighted by atomic mass is 19.1. The summed E-state index contributed by atoms with van der Waals surface area (Å²) in [5.41, 5.74) is 1.82. The number of anilines is 2. The van der Waals surface area contributed by atoms with Crippen LogP contribution < -0.4 is 15.1 Å². The Balaban J connectivity index is 1.60. The van der Waals surface area contributed by atoms with Crippen LogP contribution in [0.3, 0.4) is 0 Å². The van der Waals surface area contributed by atoms with E-state index < -0.39 is 18.0 Å². The molecule has 10 heteroatoms. The smallest absolute Gasteiger partial charge is 0.414 e. The fraction of sp³-hybridized carbons (Fsp3) is 0.526. The van der Waals surface area contributed by atoms with Crippen molar-refractivity contribution in [1.82, 2.24) is 5.32 Å². The number of methoxy groups -OCH3 is 1. The number of hydrogen-bond acceptors (Lipinski definition) is 7. The molecule has 1 N–H and O–H groups in total. The maximum Gasteiger partial charge on any atom is 0.414 e. The molecule has 2 aliphatic heterocycles. The standard InChI is InChI=1S/C19H25FN4O5/c1-13(25)21-10-16-11-24(19(26)29-16)15-3-4-18(17(20)9-15)23-7-5-14(6-8-23)22-28-12-27-2/h3-4,9,16H,5-8,10-12H2,1-2H3,(H,21,25)/t16-/m0/s1. The Kier molecular flexibility index (Phi) is 6.86. The molecule has 2 fully saturated rings. The van der Waals surface area contributed by atoms with Crippen LogP contribution in [0.1, 0.15) is 19.8 Å². The van der Waals surface area contributed by atoms with Crippen molar-refractivity contribution >= 4 is 29.1 Å². The maximum atomic E-state index is 14.8. The number of amides is 2. The van der Waals surface area contributed by atoms with Crippen LogP contribution in [0.5, 0.6) is 0 Å². The zero-order valence-electron chi connectivity index (χ0n) is 16.5. The van der Waals surface area contributed by atoms with Crippen molar-refractivity contribution in [3.05, 3.63) is 24.0 Å². The van der Waals surface area contributed by atoms with Crippen LogP contribution >= 0.6 is 0 Å². The Morgan fingerprint density at radius 3 is 2.79 bits per heavy atom. The minimum atomic E-state index is -0.553. The summed E-state index contributed by atoms with van der Waals surface area (Å²) in [7, 11) is 1.53. The van der Waals surface area contributed by atoms with Gasteiger partial charge in [-0.15, -0.1) is 0 Å². The number of rotatable bonds is 7. The molecule has 0 bridgehead atoms. The Morgan fingerprint density at radius 1 is 1.38 bits per heavy atom. The van der Waals surface area contributed by atoms with Gasteiger partial charge in [0.15, 0.2) is 0 Å². The van der Waals surface area contributed by atoms with Gasteiger partial charge >= 0.3 is 6.09 Å². The molecule has 0 aliphatic carbocycles. The molecule has 0 radical (unpaired) electrons. The van der Waals surface area contributed by atoms with E-state index in [4.69, 9.17) is 14.3 Å². The largest absolute Gasteiger partial charge is 0.442 e. The molecule has 9 nitrogen and oxygen atoms in total. The molecular formula is C19H25FN4O5. The van der Waals surface area contributed by atoms with Crippen LogP contribution in [-0.2, 0) is 19.1 Å². The van der Waals surface area contributed by atoms with Crippen molar-refractivity contribution in [2.75, 3.05) is 49.9 Å². The third-order valence-corrected chi connectivity index (χ3v) is 4.74. The van der Waals surface area contributed by atoms with Gasteiger partial charge < -0.3 is 24.5 Å². The molecule has 1 aromatic rings. The van der Waals surface area contributed by atoms with E-state index in [1.807, 2.05) is 4.90 Å². The Bertz CT molecular complexity index is 778. The van der Waals surface area contributed by atoms with E-state index in [9.17, 15) is 14.0 Å². The highest BCUT2D eigenvalue weighted by Gasteiger charge is 2.33. The Hall–Kier alpha value is -2.88. The number of carbonyl (C=O) groups excluding carboxylic acids is 2. The Morgan fingerprint density at radius 2 is 2.14 bits per heavy atom. The summed E-state index contributed by atoms with van der Waals surface area (Å²) in [5.74, 6) is -0.605. The van der Waals surface area contributed by atoms with E-state index in [-0.39, 0.29) is 25.8 Å². The summed E-state index contributed by atoms with van der Waals surface area (Å²) in [6, 6.07) is 4.71. The van der Waals surface area contributed by atoms with Crippen molar-refractivity contribution in [3.8, 4) is 0 Å². The molecule has 2 heterocycles.